The Morgan fingerprint density at radius 2 is 1.10 bits per heavy atom. The summed E-state index contributed by atoms with van der Waals surface area (Å²) in [5, 5.41) is -2.77. The Labute approximate surface area is 316 Å². The highest BCUT2D eigenvalue weighted by molar-refractivity contribution is 6.20. The van der Waals surface area contributed by atoms with Gasteiger partial charge in [-0.25, -0.2) is 0 Å². The van der Waals surface area contributed by atoms with Crippen LogP contribution in [0.2, 0.25) is 0 Å². The Balaban J connectivity index is 1.44. The molecule has 0 saturated heterocycles. The summed E-state index contributed by atoms with van der Waals surface area (Å²) in [7, 11) is 0. The van der Waals surface area contributed by atoms with Crippen LogP contribution in [0, 0.1) is 0 Å². The van der Waals surface area contributed by atoms with Gasteiger partial charge in [-0.15, -0.1) is 0 Å². The lowest BCUT2D eigenvalue weighted by atomic mass is 9.99. The molecular formula is C46H29NO2. The van der Waals surface area contributed by atoms with Crippen molar-refractivity contribution in [2.45, 2.75) is 0 Å². The van der Waals surface area contributed by atoms with Crippen LogP contribution in [0.25, 0.3) is 76.9 Å². The van der Waals surface area contributed by atoms with Gasteiger partial charge in [0.2, 0.25) is 0 Å². The molecule has 0 unspecified atom stereocenters. The van der Waals surface area contributed by atoms with E-state index in [1.54, 1.807) is 6.07 Å². The zero-order chi connectivity index (χ0) is 53.2. The number of hydrogen-bond donors (Lipinski definition) is 0. The van der Waals surface area contributed by atoms with Crippen molar-refractivity contribution in [2.75, 3.05) is 4.90 Å². The largest absolute Gasteiger partial charge is 0.455 e. The molecule has 0 amide bonds. The van der Waals surface area contributed by atoms with Crippen molar-refractivity contribution >= 4 is 71.7 Å². The number of para-hydroxylation sites is 3. The van der Waals surface area contributed by atoms with E-state index < -0.39 is 222 Å². The minimum absolute atomic E-state index is 0.0693. The van der Waals surface area contributed by atoms with E-state index in [1.807, 2.05) is 0 Å². The Hall–Kier alpha value is -6.58. The van der Waals surface area contributed by atoms with Crippen LogP contribution < -0.4 is 4.90 Å². The summed E-state index contributed by atoms with van der Waals surface area (Å²) in [6.45, 7) is 0. The number of anilines is 3. The van der Waals surface area contributed by atoms with Gasteiger partial charge in [0.1, 0.15) is 22.3 Å². The number of rotatable bonds is 5. The number of fused-ring (bicyclic) bond motifs is 8. The molecule has 0 aliphatic carbocycles. The van der Waals surface area contributed by atoms with Crippen LogP contribution in [0.4, 0.5) is 17.1 Å². The van der Waals surface area contributed by atoms with Crippen LogP contribution in [0.1, 0.15) is 32.9 Å². The van der Waals surface area contributed by atoms with Crippen LogP contribution in [0.5, 0.6) is 0 Å². The zero-order valence-corrected chi connectivity index (χ0v) is 24.7. The lowest BCUT2D eigenvalue weighted by molar-refractivity contribution is 0.670. The molecule has 0 fully saturated rings. The van der Waals surface area contributed by atoms with E-state index >= 15 is 0 Å². The smallest absolute Gasteiger partial charge is 0.143 e. The summed E-state index contributed by atoms with van der Waals surface area (Å²) in [5.41, 5.74) is -6.37. The van der Waals surface area contributed by atoms with Crippen LogP contribution in [0.15, 0.2) is 184 Å². The highest BCUT2D eigenvalue weighted by atomic mass is 16.3. The van der Waals surface area contributed by atoms with Crippen molar-refractivity contribution in [1.29, 1.82) is 0 Å². The maximum Gasteiger partial charge on any atom is 0.143 e. The normalized spacial score (nSPS) is 18.5. The van der Waals surface area contributed by atoms with Crippen LogP contribution in [-0.4, -0.2) is 0 Å². The topological polar surface area (TPSA) is 29.5 Å². The van der Waals surface area contributed by atoms with Gasteiger partial charge in [0.05, 0.1) is 49.7 Å². The Morgan fingerprint density at radius 1 is 0.429 bits per heavy atom. The SMILES string of the molecule is [2H]c1c([2H])c([2H])c(N(c2c([2H])c([2H])c(-c3c([2H])c([2H])c([2H])c4c3oc3c([2H])c([2H])c([2H])c([2H])c34)c([2H])c2[2H])c2c([2H])c([2H])c([2H])c3oc4c5c([2H])c([2H])c([2H])c([2H])c5c([2H])c([2H])c4c23)c(-c2ccccc2)c1[2H]. The molecule has 3 nitrogen and oxygen atoms in total. The van der Waals surface area contributed by atoms with E-state index in [0.29, 0.717) is 4.90 Å². The zero-order valence-electron chi connectivity index (χ0n) is 48.7. The van der Waals surface area contributed by atoms with Crippen molar-refractivity contribution in [3.05, 3.63) is 175 Å². The number of furan rings is 2. The standard InChI is InChI=1S/C46H29NO2/c1-2-12-30(13-3-1)34-15-6-8-20-40(34)47(41-21-11-23-43-44(41)39-29-26-31-14-4-5-16-35(31)46(39)49-43)33-27-24-32(25-28-33)36-18-10-19-38-37-17-7-9-22-42(37)48-45(36)38/h1-29H/i4D,5D,6D,7D,8D,9D,10D,11D,14D,15D,16D,17D,18D,19D,20D,21D,22D,23D,24D,25D,26D,27D,28D,29D. The quantitative estimate of drug-likeness (QED) is 0.185. The van der Waals surface area contributed by atoms with Crippen molar-refractivity contribution in [2.24, 2.45) is 0 Å². The summed E-state index contributed by atoms with van der Waals surface area (Å²) < 4.78 is 229. The summed E-state index contributed by atoms with van der Waals surface area (Å²) in [4.78, 5) is 0.709. The van der Waals surface area contributed by atoms with E-state index in [1.165, 1.54) is 24.3 Å². The molecule has 0 radical (unpaired) electrons. The molecule has 10 rings (SSSR count). The maximum atomic E-state index is 9.80. The van der Waals surface area contributed by atoms with Gasteiger partial charge in [-0.3, -0.25) is 0 Å². The summed E-state index contributed by atoms with van der Waals surface area (Å²) in [5.74, 6) is 0. The predicted octanol–water partition coefficient (Wildman–Crippen LogP) is 13.4. The third-order valence-corrected chi connectivity index (χ3v) is 7.93. The van der Waals surface area contributed by atoms with Crippen LogP contribution in [0.3, 0.4) is 0 Å². The second-order valence-corrected chi connectivity index (χ2v) is 10.6. The average Bonchev–Trinajstić information content (AvgIpc) is 3.97. The summed E-state index contributed by atoms with van der Waals surface area (Å²) in [6, 6.07) is -12.8. The first kappa shape index (κ1) is 12.8. The number of hydrogen-bond acceptors (Lipinski definition) is 3. The van der Waals surface area contributed by atoms with Crippen LogP contribution >= 0.6 is 0 Å². The lowest BCUT2D eigenvalue weighted by Crippen LogP contribution is -2.11. The van der Waals surface area contributed by atoms with Gasteiger partial charge in [-0.1, -0.05) is 133 Å². The number of benzene rings is 8. The molecule has 3 heteroatoms. The third kappa shape index (κ3) is 4.37. The van der Waals surface area contributed by atoms with Gasteiger partial charge < -0.3 is 13.7 Å². The van der Waals surface area contributed by atoms with E-state index in [2.05, 4.69) is 0 Å². The first-order valence-electron chi connectivity index (χ1n) is 26.6. The Bertz CT molecular complexity index is 4180. The van der Waals surface area contributed by atoms with Crippen molar-refractivity contribution in [3.8, 4) is 22.3 Å². The molecule has 0 saturated carbocycles. The minimum atomic E-state index is -1.09. The molecule has 2 aromatic heterocycles. The van der Waals surface area contributed by atoms with E-state index in [4.69, 9.17) is 30.8 Å². The van der Waals surface area contributed by atoms with Crippen molar-refractivity contribution in [3.63, 3.8) is 0 Å². The predicted molar refractivity (Wildman–Crippen MR) is 204 cm³/mol. The monoisotopic (exact) mass is 651 g/mol. The molecule has 0 spiro atoms. The molecule has 0 aliphatic heterocycles. The molecule has 0 N–H and O–H groups in total. The molecule has 2 heterocycles. The molecule has 0 aliphatic rings. The summed E-state index contributed by atoms with van der Waals surface area (Å²) >= 11 is 0. The van der Waals surface area contributed by atoms with Gasteiger partial charge in [0, 0.05) is 38.4 Å². The van der Waals surface area contributed by atoms with Gasteiger partial charge in [0.15, 0.2) is 0 Å². The average molecular weight is 652 g/mol. The van der Waals surface area contributed by atoms with Crippen LogP contribution in [-0.2, 0) is 0 Å². The summed E-state index contributed by atoms with van der Waals surface area (Å²) in [6.07, 6.45) is 0. The number of nitrogens with zero attached hydrogens (tertiary/aromatic N) is 1. The fraction of sp³-hybridized carbons (Fsp3) is 0. The Morgan fingerprint density at radius 3 is 2.00 bits per heavy atom. The fourth-order valence-electron chi connectivity index (χ4n) is 5.79. The van der Waals surface area contributed by atoms with Gasteiger partial charge >= 0.3 is 0 Å². The second kappa shape index (κ2) is 11.0. The van der Waals surface area contributed by atoms with E-state index in [-0.39, 0.29) is 16.5 Å². The molecule has 10 aromatic rings. The lowest BCUT2D eigenvalue weighted by Gasteiger charge is -2.28. The molecule has 0 bridgehead atoms. The van der Waals surface area contributed by atoms with E-state index in [0.717, 1.165) is 0 Å². The van der Waals surface area contributed by atoms with E-state index in [9.17, 15) is 11.0 Å². The molecular weight excluding hydrogens is 599 g/mol. The maximum absolute atomic E-state index is 9.80. The highest BCUT2D eigenvalue weighted by Crippen LogP contribution is 2.47. The van der Waals surface area contributed by atoms with Crippen molar-refractivity contribution < 1.29 is 41.7 Å². The molecule has 49 heavy (non-hydrogen) atoms. The molecule has 0 atom stereocenters. The van der Waals surface area contributed by atoms with Gasteiger partial charge in [-0.05, 0) is 58.8 Å². The molecule has 8 aromatic carbocycles. The fourth-order valence-corrected chi connectivity index (χ4v) is 5.79. The minimum Gasteiger partial charge on any atom is -0.455 e. The second-order valence-electron chi connectivity index (χ2n) is 10.6. The first-order chi connectivity index (χ1) is 34.3. The highest BCUT2D eigenvalue weighted by Gasteiger charge is 2.23. The molecule has 230 valence electrons. The Kier molecular flexibility index (Phi) is 2.87. The first-order valence-corrected chi connectivity index (χ1v) is 14.6. The van der Waals surface area contributed by atoms with Crippen molar-refractivity contribution in [1.82, 2.24) is 0 Å². The van der Waals surface area contributed by atoms with Gasteiger partial charge in [-0.2, -0.15) is 0 Å². The van der Waals surface area contributed by atoms with Gasteiger partial charge in [0.25, 0.3) is 0 Å². The third-order valence-electron chi connectivity index (χ3n) is 7.93.